The number of nitrogens with one attached hydrogen (secondary N) is 1. The quantitative estimate of drug-likeness (QED) is 0.166. The lowest BCUT2D eigenvalue weighted by atomic mass is 9.59. The number of alkyl halides is 3. The fraction of sp³-hybridized carbons (Fsp3) is 0.567. The number of aliphatic hydroxyl groups excluding tert-OH is 2. The zero-order chi connectivity index (χ0) is 31.3. The number of carbonyl (C=O) groups excluding carboxylic acids is 3. The Labute approximate surface area is 242 Å². The first-order valence-electron chi connectivity index (χ1n) is 14.2. The summed E-state index contributed by atoms with van der Waals surface area (Å²) in [4.78, 5) is 41.2. The van der Waals surface area contributed by atoms with Gasteiger partial charge in [-0.1, -0.05) is 19.9 Å². The highest BCUT2D eigenvalue weighted by Crippen LogP contribution is 2.51. The molecule has 3 unspecified atom stereocenters. The van der Waals surface area contributed by atoms with Gasteiger partial charge in [-0.3, -0.25) is 20.2 Å². The van der Waals surface area contributed by atoms with E-state index in [9.17, 15) is 42.9 Å². The number of likely N-dealkylation sites (N-methyl/N-ethyl adjacent to an activating group) is 1. The zero-order valence-electron chi connectivity index (χ0n) is 24.3. The highest BCUT2D eigenvalue weighted by atomic mass is 19.4. The third-order valence-electron chi connectivity index (χ3n) is 8.72. The fourth-order valence-electron chi connectivity index (χ4n) is 6.92. The number of halogens is 3. The molecule has 1 aromatic carbocycles. The number of amides is 1. The van der Waals surface area contributed by atoms with Crippen LogP contribution in [-0.2, 0) is 27.2 Å². The van der Waals surface area contributed by atoms with E-state index in [0.29, 0.717) is 24.1 Å². The third-order valence-corrected chi connectivity index (χ3v) is 8.72. The molecule has 0 aliphatic heterocycles. The summed E-state index contributed by atoms with van der Waals surface area (Å²) in [5.41, 5.74) is 4.98. The number of Topliss-reactive ketones (excluding diaryl/α,β-unsaturated/α-hetero) is 2. The van der Waals surface area contributed by atoms with Crippen LogP contribution in [0.4, 0.5) is 13.2 Å². The number of rotatable bonds is 9. The summed E-state index contributed by atoms with van der Waals surface area (Å²) >= 11 is 0. The van der Waals surface area contributed by atoms with Crippen LogP contribution in [-0.4, -0.2) is 77.1 Å². The summed E-state index contributed by atoms with van der Waals surface area (Å²) in [6.45, 7) is 4.38. The number of allylic oxidation sites excluding steroid dienone is 1. The molecule has 0 bridgehead atoms. The molecule has 1 saturated carbocycles. The van der Waals surface area contributed by atoms with Crippen molar-refractivity contribution in [2.75, 3.05) is 27.2 Å². The summed E-state index contributed by atoms with van der Waals surface area (Å²) in [7, 11) is 3.37. The number of hydrogen-bond acceptors (Lipinski definition) is 8. The molecule has 42 heavy (non-hydrogen) atoms. The summed E-state index contributed by atoms with van der Waals surface area (Å²) in [5.74, 6) is -5.77. The zero-order valence-corrected chi connectivity index (χ0v) is 24.3. The molecular weight excluding hydrogens is 555 g/mol. The first-order chi connectivity index (χ1) is 19.6. The van der Waals surface area contributed by atoms with E-state index in [4.69, 9.17) is 0 Å². The second-order valence-electron chi connectivity index (χ2n) is 12.1. The van der Waals surface area contributed by atoms with Gasteiger partial charge in [0.2, 0.25) is 0 Å². The van der Waals surface area contributed by atoms with E-state index in [2.05, 4.69) is 11.1 Å². The van der Waals surface area contributed by atoms with Crippen LogP contribution in [0.2, 0.25) is 0 Å². The van der Waals surface area contributed by atoms with Crippen molar-refractivity contribution in [3.8, 4) is 5.75 Å². The van der Waals surface area contributed by atoms with Crippen molar-refractivity contribution >= 4 is 23.2 Å². The molecule has 3 aliphatic rings. The standard InChI is InChI=1S/C30H38F3N3O6/c1-13(2)16-10-14(6-9-35-8-5-7-30(31,32)33)24(37)20-17(16)11-15-12-18-21(26(39)19(15)25(20)38)27(40)22(29(34)42)28(41)23(18)36(3)4/h10,13,15,18,21,23,35,37-38,41H,5-9,11-12H2,1-4H3,(H2,34,42)/p+1/t15?,18-,21?,23?/m1/s1. The lowest BCUT2D eigenvalue weighted by molar-refractivity contribution is -0.299. The molecule has 1 fully saturated rings. The van der Waals surface area contributed by atoms with Crippen molar-refractivity contribution in [1.82, 2.24) is 10.2 Å². The molecule has 0 aromatic heterocycles. The maximum Gasteiger partial charge on any atom is 0.389 e. The minimum atomic E-state index is -4.22. The second-order valence-corrected chi connectivity index (χ2v) is 12.1. The van der Waals surface area contributed by atoms with Gasteiger partial charge in [0.1, 0.15) is 17.3 Å². The number of nitrogens with zero attached hydrogens (tertiary/aromatic N) is 1. The number of fused-ring (bicyclic) bond motifs is 3. The number of quaternary nitrogens is 1. The number of phenols is 1. The van der Waals surface area contributed by atoms with Crippen molar-refractivity contribution in [3.05, 3.63) is 45.2 Å². The van der Waals surface area contributed by atoms with Gasteiger partial charge in [-0.2, -0.15) is 13.2 Å². The van der Waals surface area contributed by atoms with Gasteiger partial charge in [0, 0.05) is 12.0 Å². The molecule has 1 amide bonds. The van der Waals surface area contributed by atoms with E-state index in [-0.39, 0.29) is 48.6 Å². The number of aromatic hydroxyl groups is 1. The molecular formula is C30H39F3N3O6+. The monoisotopic (exact) mass is 594 g/mol. The normalized spacial score (nSPS) is 24.3. The van der Waals surface area contributed by atoms with Gasteiger partial charge in [-0.05, 0) is 87.3 Å². The van der Waals surface area contributed by atoms with Gasteiger partial charge >= 0.3 is 12.1 Å². The summed E-state index contributed by atoms with van der Waals surface area (Å²) in [6.07, 6.45) is -4.30. The minimum Gasteiger partial charge on any atom is -0.509 e. The lowest BCUT2D eigenvalue weighted by Gasteiger charge is -2.46. The molecule has 3 aliphatic carbocycles. The van der Waals surface area contributed by atoms with Gasteiger partial charge in [0.05, 0.1) is 17.5 Å². The van der Waals surface area contributed by atoms with Crippen LogP contribution in [0.15, 0.2) is 23.0 Å². The van der Waals surface area contributed by atoms with Gasteiger partial charge in [0.25, 0.3) is 0 Å². The van der Waals surface area contributed by atoms with Gasteiger partial charge in [-0.15, -0.1) is 0 Å². The molecule has 230 valence electrons. The van der Waals surface area contributed by atoms with Gasteiger partial charge in [-0.25, -0.2) is 4.79 Å². The molecule has 9 nitrogen and oxygen atoms in total. The predicted octanol–water partition coefficient (Wildman–Crippen LogP) is 2.73. The number of benzene rings is 1. The van der Waals surface area contributed by atoms with E-state index in [1.54, 1.807) is 19.0 Å². The topological polar surface area (TPSA) is 155 Å². The van der Waals surface area contributed by atoms with Crippen LogP contribution in [0.5, 0.6) is 5.75 Å². The first-order valence-corrected chi connectivity index (χ1v) is 14.2. The maximum atomic E-state index is 14.0. The Morgan fingerprint density at radius 3 is 2.38 bits per heavy atom. The second kappa shape index (κ2) is 11.8. The molecule has 12 heteroatoms. The Hall–Kier alpha value is -3.22. The number of ketones is 2. The lowest BCUT2D eigenvalue weighted by Crippen LogP contribution is -2.63. The van der Waals surface area contributed by atoms with Crippen LogP contribution in [0.1, 0.15) is 61.3 Å². The van der Waals surface area contributed by atoms with Crippen LogP contribution in [0.3, 0.4) is 0 Å². The Bertz CT molecular complexity index is 1360. The SMILES string of the molecule is CC(C)c1cc(CCNCCCC(F)(F)F)c(O)c2c1CC1C[C@@H]3C(C(=O)C(C([NH3+])=O)=C(O)C3N(C)C)C(=O)C1=C2O. The summed E-state index contributed by atoms with van der Waals surface area (Å²) in [6, 6.07) is 1.07. The summed E-state index contributed by atoms with van der Waals surface area (Å²) in [5, 5.41) is 36.7. The number of hydrogen-bond donors (Lipinski definition) is 5. The molecule has 0 saturated heterocycles. The van der Waals surface area contributed by atoms with Crippen molar-refractivity contribution in [2.24, 2.45) is 17.8 Å². The van der Waals surface area contributed by atoms with Crippen molar-refractivity contribution < 1.29 is 48.6 Å². The van der Waals surface area contributed by atoms with E-state index in [0.717, 1.165) is 5.56 Å². The average molecular weight is 595 g/mol. The fourth-order valence-corrected chi connectivity index (χ4v) is 6.92. The average Bonchev–Trinajstić information content (AvgIpc) is 2.85. The molecule has 7 N–H and O–H groups in total. The van der Waals surface area contributed by atoms with Gasteiger partial charge < -0.3 is 20.6 Å². The minimum absolute atomic E-state index is 0.0115. The van der Waals surface area contributed by atoms with Crippen molar-refractivity contribution in [1.29, 1.82) is 0 Å². The van der Waals surface area contributed by atoms with E-state index in [1.807, 2.05) is 19.9 Å². The Balaban J connectivity index is 1.71. The summed E-state index contributed by atoms with van der Waals surface area (Å²) < 4.78 is 37.3. The van der Waals surface area contributed by atoms with Crippen molar-refractivity contribution in [3.63, 3.8) is 0 Å². The van der Waals surface area contributed by atoms with Crippen LogP contribution < -0.4 is 11.1 Å². The molecule has 0 heterocycles. The maximum absolute atomic E-state index is 14.0. The number of aliphatic hydroxyl groups is 2. The van der Waals surface area contributed by atoms with Crippen LogP contribution >= 0.6 is 0 Å². The van der Waals surface area contributed by atoms with E-state index >= 15 is 0 Å². The molecule has 1 aromatic rings. The third kappa shape index (κ3) is 5.71. The van der Waals surface area contributed by atoms with Crippen LogP contribution in [0, 0.1) is 17.8 Å². The first kappa shape index (κ1) is 31.7. The Morgan fingerprint density at radius 1 is 1.14 bits per heavy atom. The highest BCUT2D eigenvalue weighted by Gasteiger charge is 2.56. The molecule has 4 rings (SSSR count). The van der Waals surface area contributed by atoms with Crippen molar-refractivity contribution in [2.45, 2.75) is 64.1 Å². The van der Waals surface area contributed by atoms with Crippen LogP contribution in [0.25, 0.3) is 5.76 Å². The smallest absolute Gasteiger partial charge is 0.389 e. The Morgan fingerprint density at radius 2 is 1.81 bits per heavy atom. The van der Waals surface area contributed by atoms with E-state index < -0.39 is 71.0 Å². The molecule has 0 radical (unpaired) electrons. The highest BCUT2D eigenvalue weighted by molar-refractivity contribution is 6.27. The predicted molar refractivity (Wildman–Crippen MR) is 147 cm³/mol. The molecule has 0 spiro atoms. The number of phenolic OH excluding ortho intramolecular Hbond substituents is 1. The number of carbonyl (C=O) groups is 3. The van der Waals surface area contributed by atoms with Gasteiger partial charge in [0.15, 0.2) is 17.1 Å². The largest absolute Gasteiger partial charge is 0.509 e. The Kier molecular flexibility index (Phi) is 8.92. The van der Waals surface area contributed by atoms with E-state index in [1.165, 1.54) is 0 Å². The molecule has 4 atom stereocenters.